The number of nitriles is 1. The van der Waals surface area contributed by atoms with Crippen LogP contribution < -0.4 is 5.32 Å². The van der Waals surface area contributed by atoms with Crippen molar-refractivity contribution in [3.05, 3.63) is 42.5 Å². The van der Waals surface area contributed by atoms with Gasteiger partial charge in [0.1, 0.15) is 6.07 Å². The molecule has 5 nitrogen and oxygen atoms in total. The first-order valence-electron chi connectivity index (χ1n) is 5.37. The molecule has 0 saturated carbocycles. The minimum Gasteiger partial charge on any atom is -0.378 e. The average molecular weight is 227 g/mol. The van der Waals surface area contributed by atoms with Gasteiger partial charge in [-0.3, -0.25) is 9.67 Å². The lowest BCUT2D eigenvalue weighted by molar-refractivity contribution is 0.560. The van der Waals surface area contributed by atoms with Gasteiger partial charge in [0.05, 0.1) is 24.0 Å². The summed E-state index contributed by atoms with van der Waals surface area (Å²) in [6.45, 7) is 2.78. The summed E-state index contributed by atoms with van der Waals surface area (Å²) in [7, 11) is 0. The topological polar surface area (TPSA) is 66.5 Å². The molecule has 17 heavy (non-hydrogen) atoms. The highest BCUT2D eigenvalue weighted by Gasteiger charge is 2.06. The molecule has 1 N–H and O–H groups in total. The summed E-state index contributed by atoms with van der Waals surface area (Å²) in [6.07, 6.45) is 6.93. The second-order valence-electron chi connectivity index (χ2n) is 3.81. The van der Waals surface area contributed by atoms with Crippen LogP contribution in [-0.2, 0) is 6.54 Å². The van der Waals surface area contributed by atoms with Crippen LogP contribution in [0.3, 0.4) is 0 Å². The van der Waals surface area contributed by atoms with E-state index in [2.05, 4.69) is 21.5 Å². The number of pyridine rings is 1. The summed E-state index contributed by atoms with van der Waals surface area (Å²) < 4.78 is 1.85. The predicted molar refractivity (Wildman–Crippen MR) is 64.3 cm³/mol. The fraction of sp³-hybridized carbons (Fsp3) is 0.250. The molecule has 1 atom stereocenters. The Labute approximate surface area is 99.7 Å². The van der Waals surface area contributed by atoms with Crippen molar-refractivity contribution < 1.29 is 0 Å². The Kier molecular flexibility index (Phi) is 3.36. The monoisotopic (exact) mass is 227 g/mol. The van der Waals surface area contributed by atoms with Crippen molar-refractivity contribution in [3.8, 4) is 6.07 Å². The normalized spacial score (nSPS) is 11.8. The lowest BCUT2D eigenvalue weighted by Gasteiger charge is -2.15. The van der Waals surface area contributed by atoms with E-state index in [1.165, 1.54) is 0 Å². The van der Waals surface area contributed by atoms with E-state index < -0.39 is 0 Å². The lowest BCUT2D eigenvalue weighted by atomic mass is 10.2. The van der Waals surface area contributed by atoms with Gasteiger partial charge in [-0.05, 0) is 19.1 Å². The van der Waals surface area contributed by atoms with E-state index in [1.807, 2.05) is 23.9 Å². The average Bonchev–Trinajstić information content (AvgIpc) is 2.82. The number of anilines is 1. The summed E-state index contributed by atoms with van der Waals surface area (Å²) in [5.41, 5.74) is 1.36. The lowest BCUT2D eigenvalue weighted by Crippen LogP contribution is -2.22. The first-order valence-corrected chi connectivity index (χ1v) is 5.37. The van der Waals surface area contributed by atoms with Crippen LogP contribution in [0.5, 0.6) is 0 Å². The quantitative estimate of drug-likeness (QED) is 0.862. The molecule has 0 aromatic carbocycles. The highest BCUT2D eigenvalue weighted by Crippen LogP contribution is 2.13. The van der Waals surface area contributed by atoms with Gasteiger partial charge in [0, 0.05) is 24.6 Å². The number of nitrogens with zero attached hydrogens (tertiary/aromatic N) is 4. The molecule has 0 spiro atoms. The van der Waals surface area contributed by atoms with E-state index in [0.29, 0.717) is 5.56 Å². The Hall–Kier alpha value is -2.35. The minimum atomic E-state index is 0.172. The zero-order valence-electron chi connectivity index (χ0n) is 9.54. The highest BCUT2D eigenvalue weighted by molar-refractivity contribution is 5.55. The van der Waals surface area contributed by atoms with Crippen LogP contribution >= 0.6 is 0 Å². The first-order chi connectivity index (χ1) is 8.29. The smallest absolute Gasteiger partial charge is 0.101 e. The number of rotatable bonds is 4. The summed E-state index contributed by atoms with van der Waals surface area (Å²) in [5, 5.41) is 16.3. The van der Waals surface area contributed by atoms with E-state index in [9.17, 15) is 0 Å². The Balaban J connectivity index is 2.03. The van der Waals surface area contributed by atoms with Crippen LogP contribution in [-0.4, -0.2) is 20.8 Å². The SMILES string of the molecule is C[C@H](Cn1cccn1)Nc1cnccc1C#N. The van der Waals surface area contributed by atoms with Gasteiger partial charge in [-0.15, -0.1) is 0 Å². The first kappa shape index (κ1) is 11.1. The molecule has 0 aliphatic carbocycles. The Morgan fingerprint density at radius 3 is 3.12 bits per heavy atom. The van der Waals surface area contributed by atoms with Gasteiger partial charge in [-0.2, -0.15) is 10.4 Å². The minimum absolute atomic E-state index is 0.172. The van der Waals surface area contributed by atoms with Crippen molar-refractivity contribution in [2.45, 2.75) is 19.5 Å². The van der Waals surface area contributed by atoms with Crippen LogP contribution in [0.15, 0.2) is 36.9 Å². The maximum Gasteiger partial charge on any atom is 0.101 e. The molecule has 0 amide bonds. The molecule has 5 heteroatoms. The fourth-order valence-corrected chi connectivity index (χ4v) is 1.61. The summed E-state index contributed by atoms with van der Waals surface area (Å²) in [5.74, 6) is 0. The standard InChI is InChI=1S/C12H13N5/c1-10(9-17-6-2-4-15-17)16-12-8-14-5-3-11(12)7-13/h2-6,8,10,16H,9H2,1H3/t10-/m1/s1. The number of hydrogen-bond donors (Lipinski definition) is 1. The molecule has 0 aliphatic heterocycles. The Morgan fingerprint density at radius 1 is 1.53 bits per heavy atom. The van der Waals surface area contributed by atoms with Crippen LogP contribution in [0.4, 0.5) is 5.69 Å². The molecule has 2 heterocycles. The van der Waals surface area contributed by atoms with E-state index in [0.717, 1.165) is 12.2 Å². The summed E-state index contributed by atoms with van der Waals surface area (Å²) in [6, 6.07) is 5.89. The van der Waals surface area contributed by atoms with Gasteiger partial charge in [-0.1, -0.05) is 0 Å². The largest absolute Gasteiger partial charge is 0.378 e. The van der Waals surface area contributed by atoms with Gasteiger partial charge in [-0.25, -0.2) is 0 Å². The van der Waals surface area contributed by atoms with E-state index >= 15 is 0 Å². The van der Waals surface area contributed by atoms with Crippen molar-refractivity contribution >= 4 is 5.69 Å². The number of nitrogens with one attached hydrogen (secondary N) is 1. The third-order valence-corrected chi connectivity index (χ3v) is 2.36. The molecule has 2 rings (SSSR count). The van der Waals surface area contributed by atoms with Gasteiger partial charge in [0.2, 0.25) is 0 Å². The number of hydrogen-bond acceptors (Lipinski definition) is 4. The molecule has 0 radical (unpaired) electrons. The van der Waals surface area contributed by atoms with Gasteiger partial charge >= 0.3 is 0 Å². The Morgan fingerprint density at radius 2 is 2.41 bits per heavy atom. The van der Waals surface area contributed by atoms with Crippen molar-refractivity contribution in [2.24, 2.45) is 0 Å². The summed E-state index contributed by atoms with van der Waals surface area (Å²) in [4.78, 5) is 4.01. The predicted octanol–water partition coefficient (Wildman–Crippen LogP) is 1.65. The summed E-state index contributed by atoms with van der Waals surface area (Å²) >= 11 is 0. The van der Waals surface area contributed by atoms with Crippen molar-refractivity contribution in [1.29, 1.82) is 5.26 Å². The maximum atomic E-state index is 8.95. The molecule has 2 aromatic rings. The van der Waals surface area contributed by atoms with E-state index in [1.54, 1.807) is 24.7 Å². The molecule has 2 aromatic heterocycles. The molecule has 0 bridgehead atoms. The van der Waals surface area contributed by atoms with Crippen LogP contribution in [0.1, 0.15) is 12.5 Å². The van der Waals surface area contributed by atoms with Crippen LogP contribution in [0.2, 0.25) is 0 Å². The third-order valence-electron chi connectivity index (χ3n) is 2.36. The van der Waals surface area contributed by atoms with Crippen molar-refractivity contribution in [3.63, 3.8) is 0 Å². The zero-order valence-corrected chi connectivity index (χ0v) is 9.54. The van der Waals surface area contributed by atoms with E-state index in [4.69, 9.17) is 5.26 Å². The van der Waals surface area contributed by atoms with E-state index in [-0.39, 0.29) is 6.04 Å². The second-order valence-corrected chi connectivity index (χ2v) is 3.81. The highest BCUT2D eigenvalue weighted by atomic mass is 15.3. The molecule has 86 valence electrons. The molecule has 0 saturated heterocycles. The zero-order chi connectivity index (χ0) is 12.1. The number of aromatic nitrogens is 3. The van der Waals surface area contributed by atoms with Crippen LogP contribution in [0.25, 0.3) is 0 Å². The molecule has 0 unspecified atom stereocenters. The molecular weight excluding hydrogens is 214 g/mol. The van der Waals surface area contributed by atoms with Gasteiger partial charge in [0.15, 0.2) is 0 Å². The van der Waals surface area contributed by atoms with Gasteiger partial charge in [0.25, 0.3) is 0 Å². The molecular formula is C12H13N5. The Bertz CT molecular complexity index is 512. The fourth-order valence-electron chi connectivity index (χ4n) is 1.61. The van der Waals surface area contributed by atoms with Crippen molar-refractivity contribution in [2.75, 3.05) is 5.32 Å². The second kappa shape index (κ2) is 5.12. The molecule has 0 fully saturated rings. The van der Waals surface area contributed by atoms with Gasteiger partial charge < -0.3 is 5.32 Å². The molecule has 0 aliphatic rings. The van der Waals surface area contributed by atoms with Crippen molar-refractivity contribution in [1.82, 2.24) is 14.8 Å². The van der Waals surface area contributed by atoms with Crippen LogP contribution in [0, 0.1) is 11.3 Å². The maximum absolute atomic E-state index is 8.95. The third kappa shape index (κ3) is 2.82.